The summed E-state index contributed by atoms with van der Waals surface area (Å²) in [4.78, 5) is 24.0. The fraction of sp³-hybridized carbons (Fsp3) is 0.238. The monoisotopic (exact) mass is 401 g/mol. The number of amides is 1. The first-order valence-corrected chi connectivity index (χ1v) is 9.20. The molecule has 28 heavy (non-hydrogen) atoms. The zero-order valence-electron chi connectivity index (χ0n) is 15.3. The Labute approximate surface area is 168 Å². The third kappa shape index (κ3) is 5.27. The second-order valence-electron chi connectivity index (χ2n) is 6.18. The lowest BCUT2D eigenvalue weighted by Crippen LogP contribution is -2.36. The summed E-state index contributed by atoms with van der Waals surface area (Å²) >= 11 is 6.10. The summed E-state index contributed by atoms with van der Waals surface area (Å²) in [5, 5.41) is 3.16. The molecule has 0 radical (unpaired) electrons. The molecule has 1 heterocycles. The first-order chi connectivity index (χ1) is 13.5. The second kappa shape index (κ2) is 9.28. The van der Waals surface area contributed by atoms with E-state index in [0.29, 0.717) is 35.1 Å². The standard InChI is InChI=1S/C21H20ClNO5/c1-14(21(25)23-10-9-15-5-3-2-4-6-15)28-19(24)8-7-16-11-17(22)20-18(12-16)26-13-27-20/h2-8,11-12,14H,9-10,13H2,1H3,(H,23,25)/b8-7+/t14-/m1/s1. The minimum atomic E-state index is -0.895. The van der Waals surface area contributed by atoms with Gasteiger partial charge in [-0.15, -0.1) is 0 Å². The van der Waals surface area contributed by atoms with Gasteiger partial charge in [-0.3, -0.25) is 4.79 Å². The minimum absolute atomic E-state index is 0.112. The van der Waals surface area contributed by atoms with E-state index in [4.69, 9.17) is 25.8 Å². The predicted molar refractivity (Wildman–Crippen MR) is 105 cm³/mol. The van der Waals surface area contributed by atoms with Gasteiger partial charge >= 0.3 is 5.97 Å². The number of carbonyl (C=O) groups is 2. The highest BCUT2D eigenvalue weighted by Crippen LogP contribution is 2.40. The average molecular weight is 402 g/mol. The predicted octanol–water partition coefficient (Wildman–Crippen LogP) is 3.37. The maximum atomic E-state index is 12.1. The van der Waals surface area contributed by atoms with E-state index >= 15 is 0 Å². The maximum absolute atomic E-state index is 12.1. The first-order valence-electron chi connectivity index (χ1n) is 8.82. The van der Waals surface area contributed by atoms with E-state index in [2.05, 4.69) is 5.32 Å². The van der Waals surface area contributed by atoms with Gasteiger partial charge in [-0.25, -0.2) is 4.79 Å². The molecule has 1 N–H and O–H groups in total. The third-order valence-electron chi connectivity index (χ3n) is 4.08. The van der Waals surface area contributed by atoms with E-state index < -0.39 is 12.1 Å². The molecule has 6 nitrogen and oxygen atoms in total. The van der Waals surface area contributed by atoms with Gasteiger partial charge in [0.15, 0.2) is 17.6 Å². The SMILES string of the molecule is C[C@@H](OC(=O)/C=C/c1cc(Cl)c2c(c1)OCO2)C(=O)NCCc1ccccc1. The number of ether oxygens (including phenoxy) is 3. The second-order valence-corrected chi connectivity index (χ2v) is 6.58. The van der Waals surface area contributed by atoms with Crippen LogP contribution in [-0.2, 0) is 20.7 Å². The highest BCUT2D eigenvalue weighted by Gasteiger charge is 2.18. The van der Waals surface area contributed by atoms with Gasteiger partial charge in [0.05, 0.1) is 5.02 Å². The van der Waals surface area contributed by atoms with Crippen molar-refractivity contribution in [3.63, 3.8) is 0 Å². The van der Waals surface area contributed by atoms with Crippen molar-refractivity contribution in [1.82, 2.24) is 5.32 Å². The topological polar surface area (TPSA) is 73.9 Å². The summed E-state index contributed by atoms with van der Waals surface area (Å²) in [7, 11) is 0. The van der Waals surface area contributed by atoms with Crippen LogP contribution < -0.4 is 14.8 Å². The number of esters is 1. The van der Waals surface area contributed by atoms with Gasteiger partial charge in [0.25, 0.3) is 5.91 Å². The molecule has 0 aliphatic carbocycles. The van der Waals surface area contributed by atoms with Gasteiger partial charge in [-0.2, -0.15) is 0 Å². The van der Waals surface area contributed by atoms with Crippen LogP contribution in [0.3, 0.4) is 0 Å². The minimum Gasteiger partial charge on any atom is -0.454 e. The summed E-state index contributed by atoms with van der Waals surface area (Å²) in [6, 6.07) is 13.2. The van der Waals surface area contributed by atoms with Crippen LogP contribution in [0.1, 0.15) is 18.1 Å². The normalized spacial score (nSPS) is 13.4. The fourth-order valence-corrected chi connectivity index (χ4v) is 2.91. The summed E-state index contributed by atoms with van der Waals surface area (Å²) in [6.07, 6.45) is 2.59. The van der Waals surface area contributed by atoms with Crippen LogP contribution in [0, 0.1) is 0 Å². The van der Waals surface area contributed by atoms with Crippen molar-refractivity contribution in [1.29, 1.82) is 0 Å². The summed E-state index contributed by atoms with van der Waals surface area (Å²) in [5.74, 6) is 0.0390. The number of hydrogen-bond donors (Lipinski definition) is 1. The van der Waals surface area contributed by atoms with Crippen LogP contribution in [0.2, 0.25) is 5.02 Å². The lowest BCUT2D eigenvalue weighted by Gasteiger charge is -2.12. The number of rotatable bonds is 7. The molecular weight excluding hydrogens is 382 g/mol. The molecule has 0 spiro atoms. The Kier molecular flexibility index (Phi) is 6.55. The van der Waals surface area contributed by atoms with Crippen molar-refractivity contribution in [2.45, 2.75) is 19.4 Å². The number of halogens is 1. The molecule has 3 rings (SSSR count). The van der Waals surface area contributed by atoms with Crippen LogP contribution in [0.25, 0.3) is 6.08 Å². The number of carbonyl (C=O) groups excluding carboxylic acids is 2. The molecule has 146 valence electrons. The highest BCUT2D eigenvalue weighted by molar-refractivity contribution is 6.32. The van der Waals surface area contributed by atoms with Crippen molar-refractivity contribution in [2.24, 2.45) is 0 Å². The van der Waals surface area contributed by atoms with E-state index in [1.165, 1.54) is 19.1 Å². The van der Waals surface area contributed by atoms with E-state index in [1.54, 1.807) is 12.1 Å². The lowest BCUT2D eigenvalue weighted by atomic mass is 10.1. The van der Waals surface area contributed by atoms with Crippen LogP contribution >= 0.6 is 11.6 Å². The van der Waals surface area contributed by atoms with Crippen molar-refractivity contribution < 1.29 is 23.8 Å². The zero-order chi connectivity index (χ0) is 19.9. The first kappa shape index (κ1) is 19.8. The van der Waals surface area contributed by atoms with Gasteiger partial charge < -0.3 is 19.5 Å². The number of hydrogen-bond acceptors (Lipinski definition) is 5. The van der Waals surface area contributed by atoms with Crippen molar-refractivity contribution >= 4 is 29.6 Å². The molecule has 0 aromatic heterocycles. The molecular formula is C21H20ClNO5. The summed E-state index contributed by atoms with van der Waals surface area (Å²) in [5.41, 5.74) is 1.78. The number of benzene rings is 2. The van der Waals surface area contributed by atoms with Gasteiger partial charge in [0.2, 0.25) is 6.79 Å². The molecule has 0 bridgehead atoms. The van der Waals surface area contributed by atoms with E-state index in [9.17, 15) is 9.59 Å². The van der Waals surface area contributed by atoms with Crippen LogP contribution in [-0.4, -0.2) is 31.3 Å². The average Bonchev–Trinajstić information content (AvgIpc) is 3.16. The van der Waals surface area contributed by atoms with Gasteiger partial charge in [0, 0.05) is 12.6 Å². The summed E-state index contributed by atoms with van der Waals surface area (Å²) < 4.78 is 15.7. The zero-order valence-corrected chi connectivity index (χ0v) is 16.1. The van der Waals surface area contributed by atoms with Crippen molar-refractivity contribution in [3.8, 4) is 11.5 Å². The van der Waals surface area contributed by atoms with Gasteiger partial charge in [-0.1, -0.05) is 41.9 Å². The number of fused-ring (bicyclic) bond motifs is 1. The molecule has 1 aliphatic heterocycles. The summed E-state index contributed by atoms with van der Waals surface area (Å²) in [6.45, 7) is 2.11. The van der Waals surface area contributed by atoms with Crippen molar-refractivity contribution in [3.05, 3.63) is 64.7 Å². The Morgan fingerprint density at radius 2 is 2.04 bits per heavy atom. The van der Waals surface area contributed by atoms with Crippen LogP contribution in [0.4, 0.5) is 0 Å². The molecule has 1 aliphatic rings. The Morgan fingerprint density at radius 3 is 2.82 bits per heavy atom. The third-order valence-corrected chi connectivity index (χ3v) is 4.36. The quantitative estimate of drug-likeness (QED) is 0.568. The fourth-order valence-electron chi connectivity index (χ4n) is 2.63. The van der Waals surface area contributed by atoms with Crippen molar-refractivity contribution in [2.75, 3.05) is 13.3 Å². The molecule has 0 fully saturated rings. The number of nitrogens with one attached hydrogen (secondary N) is 1. The molecule has 7 heteroatoms. The van der Waals surface area contributed by atoms with E-state index in [-0.39, 0.29) is 12.7 Å². The molecule has 2 aromatic rings. The Hall–Kier alpha value is -2.99. The Balaban J connectivity index is 1.46. The molecule has 0 saturated heterocycles. The molecule has 1 atom stereocenters. The Bertz CT molecular complexity index is 882. The smallest absolute Gasteiger partial charge is 0.331 e. The van der Waals surface area contributed by atoms with Gasteiger partial charge in [0.1, 0.15) is 0 Å². The maximum Gasteiger partial charge on any atom is 0.331 e. The Morgan fingerprint density at radius 1 is 1.25 bits per heavy atom. The van der Waals surface area contributed by atoms with E-state index in [0.717, 1.165) is 5.56 Å². The van der Waals surface area contributed by atoms with Gasteiger partial charge in [-0.05, 0) is 42.7 Å². The molecule has 2 aromatic carbocycles. The highest BCUT2D eigenvalue weighted by atomic mass is 35.5. The molecule has 1 amide bonds. The van der Waals surface area contributed by atoms with Crippen LogP contribution in [0.5, 0.6) is 11.5 Å². The lowest BCUT2D eigenvalue weighted by molar-refractivity contribution is -0.150. The van der Waals surface area contributed by atoms with Crippen LogP contribution in [0.15, 0.2) is 48.5 Å². The van der Waals surface area contributed by atoms with E-state index in [1.807, 2.05) is 30.3 Å². The largest absolute Gasteiger partial charge is 0.454 e. The molecule has 0 saturated carbocycles. The molecule has 0 unspecified atom stereocenters.